The van der Waals surface area contributed by atoms with E-state index in [0.29, 0.717) is 25.3 Å². The zero-order chi connectivity index (χ0) is 24.8. The van der Waals surface area contributed by atoms with Crippen molar-refractivity contribution in [2.75, 3.05) is 6.54 Å². The van der Waals surface area contributed by atoms with Crippen molar-refractivity contribution in [1.29, 1.82) is 0 Å². The molecule has 0 saturated heterocycles. The van der Waals surface area contributed by atoms with Gasteiger partial charge < -0.3 is 5.32 Å². The number of hydrogen-bond acceptors (Lipinski definition) is 6. The molecule has 2 aromatic heterocycles. The summed E-state index contributed by atoms with van der Waals surface area (Å²) in [6.07, 6.45) is 2.54. The molecule has 9 heteroatoms. The molecule has 4 aromatic rings. The van der Waals surface area contributed by atoms with Crippen molar-refractivity contribution in [2.45, 2.75) is 53.5 Å². The molecular formula is C26H32N8O. The zero-order valence-corrected chi connectivity index (χ0v) is 20.7. The quantitative estimate of drug-likeness (QED) is 0.351. The van der Waals surface area contributed by atoms with Crippen LogP contribution >= 0.6 is 0 Å². The van der Waals surface area contributed by atoms with Gasteiger partial charge in [-0.2, -0.15) is 5.21 Å². The van der Waals surface area contributed by atoms with Crippen LogP contribution in [0.1, 0.15) is 62.5 Å². The topological polar surface area (TPSA) is 114 Å². The number of rotatable bonds is 9. The Balaban J connectivity index is 1.57. The van der Waals surface area contributed by atoms with E-state index in [1.54, 1.807) is 0 Å². The lowest BCUT2D eigenvalue weighted by Gasteiger charge is -2.19. The normalized spacial score (nSPS) is 11.5. The Morgan fingerprint density at radius 3 is 2.46 bits per heavy atom. The van der Waals surface area contributed by atoms with E-state index < -0.39 is 0 Å². The summed E-state index contributed by atoms with van der Waals surface area (Å²) in [5.41, 5.74) is 4.09. The van der Waals surface area contributed by atoms with Gasteiger partial charge in [-0.15, -0.1) is 15.3 Å². The SMILES string of the molecule is CCCCNC(=O)c1nc(Cc2ccc(-c3ccccc3-c3nn[nH]n3)cc2)n(CC(C)(C)C)n1. The van der Waals surface area contributed by atoms with Gasteiger partial charge in [0.25, 0.3) is 5.91 Å². The second-order valence-corrected chi connectivity index (χ2v) is 9.83. The van der Waals surface area contributed by atoms with Gasteiger partial charge in [0, 0.05) is 25.1 Å². The fourth-order valence-electron chi connectivity index (χ4n) is 3.83. The number of unbranched alkanes of at least 4 members (excludes halogenated alkanes) is 1. The van der Waals surface area contributed by atoms with Crippen LogP contribution in [0.3, 0.4) is 0 Å². The summed E-state index contributed by atoms with van der Waals surface area (Å²) in [6.45, 7) is 9.84. The third kappa shape index (κ3) is 6.17. The van der Waals surface area contributed by atoms with Gasteiger partial charge >= 0.3 is 0 Å². The number of aromatic amines is 1. The molecule has 0 bridgehead atoms. The van der Waals surface area contributed by atoms with Crippen LogP contribution in [0.15, 0.2) is 48.5 Å². The van der Waals surface area contributed by atoms with Gasteiger partial charge in [-0.1, -0.05) is 82.6 Å². The van der Waals surface area contributed by atoms with Gasteiger partial charge in [0.05, 0.1) is 0 Å². The number of H-pyrrole nitrogens is 1. The molecule has 2 heterocycles. The van der Waals surface area contributed by atoms with Gasteiger partial charge in [-0.3, -0.25) is 4.79 Å². The molecule has 0 aliphatic carbocycles. The van der Waals surface area contributed by atoms with Crippen LogP contribution in [0.4, 0.5) is 0 Å². The Labute approximate surface area is 205 Å². The number of tetrazole rings is 1. The monoisotopic (exact) mass is 472 g/mol. The average Bonchev–Trinajstić information content (AvgIpc) is 3.50. The number of carbonyl (C=O) groups is 1. The molecule has 35 heavy (non-hydrogen) atoms. The van der Waals surface area contributed by atoms with Gasteiger partial charge in [0.2, 0.25) is 11.6 Å². The number of nitrogens with one attached hydrogen (secondary N) is 2. The minimum atomic E-state index is -0.222. The maximum Gasteiger partial charge on any atom is 0.290 e. The first-order chi connectivity index (χ1) is 16.8. The predicted octanol–water partition coefficient (Wildman–Crippen LogP) is 4.29. The lowest BCUT2D eigenvalue weighted by atomic mass is 9.96. The second kappa shape index (κ2) is 10.6. The summed E-state index contributed by atoms with van der Waals surface area (Å²) >= 11 is 0. The molecule has 0 aliphatic rings. The van der Waals surface area contributed by atoms with E-state index in [9.17, 15) is 4.79 Å². The van der Waals surface area contributed by atoms with Crippen molar-refractivity contribution < 1.29 is 4.79 Å². The first-order valence-corrected chi connectivity index (χ1v) is 12.0. The third-order valence-corrected chi connectivity index (χ3v) is 5.53. The van der Waals surface area contributed by atoms with Crippen LogP contribution in [0.2, 0.25) is 0 Å². The largest absolute Gasteiger partial charge is 0.349 e. The summed E-state index contributed by atoms with van der Waals surface area (Å²) < 4.78 is 1.87. The van der Waals surface area contributed by atoms with Crippen molar-refractivity contribution in [1.82, 2.24) is 40.7 Å². The van der Waals surface area contributed by atoms with Gasteiger partial charge in [-0.05, 0) is 33.7 Å². The number of hydrogen-bond donors (Lipinski definition) is 2. The van der Waals surface area contributed by atoms with Gasteiger partial charge in [0.1, 0.15) is 5.82 Å². The zero-order valence-electron chi connectivity index (χ0n) is 20.7. The fourth-order valence-corrected chi connectivity index (χ4v) is 3.83. The Hall–Kier alpha value is -3.88. The van der Waals surface area contributed by atoms with Crippen molar-refractivity contribution in [2.24, 2.45) is 5.41 Å². The summed E-state index contributed by atoms with van der Waals surface area (Å²) in [7, 11) is 0. The van der Waals surface area contributed by atoms with Crippen LogP contribution < -0.4 is 5.32 Å². The van der Waals surface area contributed by atoms with Crippen LogP contribution in [0, 0.1) is 5.41 Å². The molecule has 0 saturated carbocycles. The Kier molecular flexibility index (Phi) is 7.33. The number of amides is 1. The summed E-state index contributed by atoms with van der Waals surface area (Å²) in [4.78, 5) is 17.2. The third-order valence-electron chi connectivity index (χ3n) is 5.53. The summed E-state index contributed by atoms with van der Waals surface area (Å²) in [5.74, 6) is 1.34. The molecule has 0 spiro atoms. The van der Waals surface area contributed by atoms with Gasteiger partial charge in [0.15, 0.2) is 0 Å². The molecule has 2 aromatic carbocycles. The van der Waals surface area contributed by atoms with E-state index in [0.717, 1.165) is 40.9 Å². The minimum Gasteiger partial charge on any atom is -0.349 e. The van der Waals surface area contributed by atoms with Crippen molar-refractivity contribution >= 4 is 5.91 Å². The average molecular weight is 473 g/mol. The maximum atomic E-state index is 12.6. The van der Waals surface area contributed by atoms with Crippen molar-refractivity contribution in [3.05, 3.63) is 65.7 Å². The lowest BCUT2D eigenvalue weighted by Crippen LogP contribution is -2.26. The van der Waals surface area contributed by atoms with Crippen LogP contribution in [-0.4, -0.2) is 47.8 Å². The van der Waals surface area contributed by atoms with E-state index in [2.05, 4.69) is 88.0 Å². The first kappa shape index (κ1) is 24.3. The minimum absolute atomic E-state index is 0.00112. The highest BCUT2D eigenvalue weighted by Crippen LogP contribution is 2.30. The maximum absolute atomic E-state index is 12.6. The van der Waals surface area contributed by atoms with Crippen molar-refractivity contribution in [3.8, 4) is 22.5 Å². The van der Waals surface area contributed by atoms with E-state index in [1.807, 2.05) is 28.9 Å². The smallest absolute Gasteiger partial charge is 0.290 e. The predicted molar refractivity (Wildman–Crippen MR) is 135 cm³/mol. The highest BCUT2D eigenvalue weighted by Gasteiger charge is 2.20. The van der Waals surface area contributed by atoms with Crippen LogP contribution in [0.25, 0.3) is 22.5 Å². The highest BCUT2D eigenvalue weighted by atomic mass is 16.2. The standard InChI is InChI=1S/C26H32N8O/c1-5-6-15-27-25(35)24-28-22(34(31-24)17-26(2,3)4)16-18-11-13-19(14-12-18)20-9-7-8-10-21(20)23-29-32-33-30-23/h7-14H,5-6,15-17H2,1-4H3,(H,27,35)(H,29,30,32,33). The molecule has 0 unspecified atom stereocenters. The Morgan fingerprint density at radius 1 is 1.06 bits per heavy atom. The highest BCUT2D eigenvalue weighted by molar-refractivity contribution is 5.90. The van der Waals surface area contributed by atoms with Gasteiger partial charge in [-0.25, -0.2) is 9.67 Å². The molecule has 0 fully saturated rings. The molecule has 1 amide bonds. The molecule has 4 rings (SSSR count). The number of nitrogens with zero attached hydrogens (tertiary/aromatic N) is 6. The van der Waals surface area contributed by atoms with Crippen LogP contribution in [0.5, 0.6) is 0 Å². The molecule has 0 radical (unpaired) electrons. The van der Waals surface area contributed by atoms with Crippen molar-refractivity contribution in [3.63, 3.8) is 0 Å². The Morgan fingerprint density at radius 2 is 1.80 bits per heavy atom. The Bertz CT molecular complexity index is 1250. The van der Waals surface area contributed by atoms with E-state index in [4.69, 9.17) is 0 Å². The van der Waals surface area contributed by atoms with Crippen LogP contribution in [-0.2, 0) is 13.0 Å². The molecule has 0 atom stereocenters. The van der Waals surface area contributed by atoms with E-state index in [1.165, 1.54) is 0 Å². The summed E-state index contributed by atoms with van der Waals surface area (Å²) in [6, 6.07) is 16.3. The van der Waals surface area contributed by atoms with E-state index >= 15 is 0 Å². The number of benzene rings is 2. The fraction of sp³-hybridized carbons (Fsp3) is 0.385. The number of carbonyl (C=O) groups excluding carboxylic acids is 1. The lowest BCUT2D eigenvalue weighted by molar-refractivity contribution is 0.0942. The molecule has 0 aliphatic heterocycles. The molecular weight excluding hydrogens is 440 g/mol. The summed E-state index contributed by atoms with van der Waals surface area (Å²) in [5, 5.41) is 21.9. The molecule has 9 nitrogen and oxygen atoms in total. The first-order valence-electron chi connectivity index (χ1n) is 12.0. The molecule has 2 N–H and O–H groups in total. The van der Waals surface area contributed by atoms with E-state index in [-0.39, 0.29) is 17.1 Å². The number of aromatic nitrogens is 7. The molecule has 182 valence electrons. The second-order valence-electron chi connectivity index (χ2n) is 9.83.